The third-order valence-corrected chi connectivity index (χ3v) is 1.63. The zero-order valence-electron chi connectivity index (χ0n) is 6.51. The van der Waals surface area contributed by atoms with E-state index in [2.05, 4.69) is 15.4 Å². The van der Waals surface area contributed by atoms with Crippen molar-refractivity contribution in [2.75, 3.05) is 0 Å². The van der Waals surface area contributed by atoms with Gasteiger partial charge in [-0.3, -0.25) is 0 Å². The standard InChI is InChI=1S/C7H9N3O/c1-4-7-6(3-8-11-7)10-5(2)9-4/h8H,3H2,1-2H3. The molecule has 11 heavy (non-hydrogen) atoms. The summed E-state index contributed by atoms with van der Waals surface area (Å²) < 4.78 is 0. The van der Waals surface area contributed by atoms with Crippen LogP contribution in [0.2, 0.25) is 0 Å². The van der Waals surface area contributed by atoms with Crippen LogP contribution in [0.25, 0.3) is 0 Å². The van der Waals surface area contributed by atoms with Crippen LogP contribution in [0.1, 0.15) is 17.2 Å². The first kappa shape index (κ1) is 6.54. The van der Waals surface area contributed by atoms with Gasteiger partial charge in [-0.15, -0.1) is 0 Å². The minimum atomic E-state index is 0.680. The number of hydrogen-bond donors (Lipinski definition) is 1. The SMILES string of the molecule is Cc1nc(C)c2c(n1)CNO2. The Hall–Kier alpha value is -1.16. The van der Waals surface area contributed by atoms with Crippen molar-refractivity contribution in [2.24, 2.45) is 0 Å². The summed E-state index contributed by atoms with van der Waals surface area (Å²) in [6.45, 7) is 4.48. The van der Waals surface area contributed by atoms with E-state index in [-0.39, 0.29) is 0 Å². The van der Waals surface area contributed by atoms with E-state index in [0.29, 0.717) is 6.54 Å². The zero-order chi connectivity index (χ0) is 7.84. The maximum absolute atomic E-state index is 5.11. The topological polar surface area (TPSA) is 47.0 Å². The molecule has 58 valence electrons. The van der Waals surface area contributed by atoms with Crippen LogP contribution in [0.4, 0.5) is 0 Å². The molecule has 2 rings (SSSR count). The molecule has 1 aliphatic rings. The first-order valence-corrected chi connectivity index (χ1v) is 3.51. The molecule has 0 fully saturated rings. The molecule has 4 heteroatoms. The van der Waals surface area contributed by atoms with Crippen LogP contribution in [-0.4, -0.2) is 9.97 Å². The van der Waals surface area contributed by atoms with Crippen LogP contribution >= 0.6 is 0 Å². The predicted octanol–water partition coefficient (Wildman–Crippen LogP) is 0.490. The predicted molar refractivity (Wildman–Crippen MR) is 39.0 cm³/mol. The molecule has 0 atom stereocenters. The monoisotopic (exact) mass is 151 g/mol. The number of aromatic nitrogens is 2. The zero-order valence-corrected chi connectivity index (χ0v) is 6.51. The maximum Gasteiger partial charge on any atom is 0.191 e. The van der Waals surface area contributed by atoms with Crippen LogP contribution in [0, 0.1) is 13.8 Å². The molecule has 1 aromatic rings. The van der Waals surface area contributed by atoms with E-state index in [0.717, 1.165) is 23.0 Å². The quantitative estimate of drug-likeness (QED) is 0.586. The van der Waals surface area contributed by atoms with Gasteiger partial charge in [0.1, 0.15) is 11.5 Å². The number of nitrogens with one attached hydrogen (secondary N) is 1. The maximum atomic E-state index is 5.11. The summed E-state index contributed by atoms with van der Waals surface area (Å²) in [4.78, 5) is 13.5. The molecule has 0 aliphatic carbocycles. The van der Waals surface area contributed by atoms with Gasteiger partial charge in [0.2, 0.25) is 0 Å². The average Bonchev–Trinajstić information content (AvgIpc) is 2.34. The molecule has 0 saturated heterocycles. The summed E-state index contributed by atoms with van der Waals surface area (Å²) in [7, 11) is 0. The molecular formula is C7H9N3O. The summed E-state index contributed by atoms with van der Waals surface area (Å²) >= 11 is 0. The minimum absolute atomic E-state index is 0.680. The Kier molecular flexibility index (Phi) is 1.29. The highest BCUT2D eigenvalue weighted by atomic mass is 16.7. The molecule has 0 bridgehead atoms. The lowest BCUT2D eigenvalue weighted by molar-refractivity contribution is 0.222. The second-order valence-electron chi connectivity index (χ2n) is 2.56. The molecule has 2 heterocycles. The number of hydroxylamine groups is 1. The van der Waals surface area contributed by atoms with Gasteiger partial charge in [0.05, 0.1) is 12.2 Å². The summed E-state index contributed by atoms with van der Waals surface area (Å²) in [5.74, 6) is 1.59. The van der Waals surface area contributed by atoms with E-state index in [1.807, 2.05) is 13.8 Å². The lowest BCUT2D eigenvalue weighted by Crippen LogP contribution is -2.08. The Balaban J connectivity index is 2.60. The van der Waals surface area contributed by atoms with E-state index < -0.39 is 0 Å². The summed E-state index contributed by atoms with van der Waals surface area (Å²) in [5, 5.41) is 0. The highest BCUT2D eigenvalue weighted by Crippen LogP contribution is 2.23. The minimum Gasteiger partial charge on any atom is -0.404 e. The van der Waals surface area contributed by atoms with Crippen molar-refractivity contribution in [1.29, 1.82) is 0 Å². The van der Waals surface area contributed by atoms with Crippen molar-refractivity contribution in [1.82, 2.24) is 15.4 Å². The van der Waals surface area contributed by atoms with E-state index in [9.17, 15) is 0 Å². The van der Waals surface area contributed by atoms with Gasteiger partial charge in [-0.2, -0.15) is 5.48 Å². The molecular weight excluding hydrogens is 142 g/mol. The van der Waals surface area contributed by atoms with Gasteiger partial charge in [-0.05, 0) is 13.8 Å². The molecule has 1 aliphatic heterocycles. The lowest BCUT2D eigenvalue weighted by atomic mass is 10.3. The second-order valence-corrected chi connectivity index (χ2v) is 2.56. The molecule has 0 radical (unpaired) electrons. The number of hydrogen-bond acceptors (Lipinski definition) is 4. The van der Waals surface area contributed by atoms with Gasteiger partial charge in [0, 0.05) is 0 Å². The smallest absolute Gasteiger partial charge is 0.191 e. The largest absolute Gasteiger partial charge is 0.404 e. The van der Waals surface area contributed by atoms with Crippen LogP contribution in [0.5, 0.6) is 5.75 Å². The van der Waals surface area contributed by atoms with Crippen molar-refractivity contribution >= 4 is 0 Å². The van der Waals surface area contributed by atoms with E-state index >= 15 is 0 Å². The van der Waals surface area contributed by atoms with Gasteiger partial charge in [-0.1, -0.05) is 0 Å². The van der Waals surface area contributed by atoms with Gasteiger partial charge in [0.15, 0.2) is 5.75 Å². The summed E-state index contributed by atoms with van der Waals surface area (Å²) in [6.07, 6.45) is 0. The highest BCUT2D eigenvalue weighted by molar-refractivity contribution is 5.33. The first-order valence-electron chi connectivity index (χ1n) is 3.51. The van der Waals surface area contributed by atoms with E-state index in [4.69, 9.17) is 4.84 Å². The van der Waals surface area contributed by atoms with E-state index in [1.165, 1.54) is 0 Å². The molecule has 0 aromatic carbocycles. The van der Waals surface area contributed by atoms with Crippen molar-refractivity contribution in [2.45, 2.75) is 20.4 Å². The third kappa shape index (κ3) is 0.952. The fourth-order valence-corrected chi connectivity index (χ4v) is 1.20. The first-order chi connectivity index (χ1) is 5.27. The van der Waals surface area contributed by atoms with Crippen LogP contribution in [0.3, 0.4) is 0 Å². The van der Waals surface area contributed by atoms with Crippen molar-refractivity contribution in [3.05, 3.63) is 17.2 Å². The number of nitrogens with zero attached hydrogens (tertiary/aromatic N) is 2. The molecule has 4 nitrogen and oxygen atoms in total. The van der Waals surface area contributed by atoms with E-state index in [1.54, 1.807) is 0 Å². The normalized spacial score (nSPS) is 14.4. The Morgan fingerprint density at radius 1 is 1.36 bits per heavy atom. The Labute approximate surface area is 64.6 Å². The lowest BCUT2D eigenvalue weighted by Gasteiger charge is -2.00. The third-order valence-electron chi connectivity index (χ3n) is 1.63. The number of fused-ring (bicyclic) bond motifs is 1. The van der Waals surface area contributed by atoms with Crippen LogP contribution in [0.15, 0.2) is 0 Å². The molecule has 0 saturated carbocycles. The molecule has 1 aromatic heterocycles. The fourth-order valence-electron chi connectivity index (χ4n) is 1.20. The van der Waals surface area contributed by atoms with Crippen molar-refractivity contribution in [3.63, 3.8) is 0 Å². The molecule has 1 N–H and O–H groups in total. The van der Waals surface area contributed by atoms with Crippen LogP contribution in [-0.2, 0) is 6.54 Å². The van der Waals surface area contributed by atoms with Crippen molar-refractivity contribution < 1.29 is 4.84 Å². The Bertz CT molecular complexity index is 298. The van der Waals surface area contributed by atoms with Crippen molar-refractivity contribution in [3.8, 4) is 5.75 Å². The number of rotatable bonds is 0. The Morgan fingerprint density at radius 2 is 2.18 bits per heavy atom. The van der Waals surface area contributed by atoms with Gasteiger partial charge >= 0.3 is 0 Å². The van der Waals surface area contributed by atoms with Gasteiger partial charge < -0.3 is 4.84 Å². The summed E-state index contributed by atoms with van der Waals surface area (Å²) in [5.41, 5.74) is 4.61. The highest BCUT2D eigenvalue weighted by Gasteiger charge is 2.17. The number of aryl methyl sites for hydroxylation is 2. The molecule has 0 unspecified atom stereocenters. The average molecular weight is 151 g/mol. The molecule has 0 amide bonds. The molecule has 0 spiro atoms. The van der Waals surface area contributed by atoms with Gasteiger partial charge in [-0.25, -0.2) is 9.97 Å². The fraction of sp³-hybridized carbons (Fsp3) is 0.429. The van der Waals surface area contributed by atoms with Gasteiger partial charge in [0.25, 0.3) is 0 Å². The summed E-state index contributed by atoms with van der Waals surface area (Å²) in [6, 6.07) is 0. The second kappa shape index (κ2) is 2.17. The Morgan fingerprint density at radius 3 is 3.00 bits per heavy atom. The van der Waals surface area contributed by atoms with Crippen LogP contribution < -0.4 is 10.3 Å².